The van der Waals surface area contributed by atoms with Crippen molar-refractivity contribution in [2.24, 2.45) is 0 Å². The maximum Gasteiger partial charge on any atom is 0.344 e. The van der Waals surface area contributed by atoms with Crippen molar-refractivity contribution in [3.63, 3.8) is 0 Å². The van der Waals surface area contributed by atoms with E-state index in [1.807, 2.05) is 12.1 Å². The van der Waals surface area contributed by atoms with Crippen LogP contribution in [0.25, 0.3) is 6.08 Å². The van der Waals surface area contributed by atoms with Gasteiger partial charge in [-0.2, -0.15) is 0 Å². The van der Waals surface area contributed by atoms with Gasteiger partial charge in [0.2, 0.25) is 0 Å². The number of methoxy groups -OCH3 is 1. The molecule has 0 spiro atoms. The van der Waals surface area contributed by atoms with Gasteiger partial charge in [-0.05, 0) is 70.3 Å². The Bertz CT molecular complexity index is 941. The molecule has 0 bridgehead atoms. The van der Waals surface area contributed by atoms with Crippen molar-refractivity contribution >= 4 is 57.5 Å². The summed E-state index contributed by atoms with van der Waals surface area (Å²) in [7, 11) is 1.45. The van der Waals surface area contributed by atoms with Gasteiger partial charge >= 0.3 is 5.97 Å². The van der Waals surface area contributed by atoms with Crippen molar-refractivity contribution in [2.45, 2.75) is 0 Å². The van der Waals surface area contributed by atoms with Gasteiger partial charge in [-0.15, -0.1) is 0 Å². The number of nitrogens with one attached hydrogen (secondary N) is 1. The van der Waals surface area contributed by atoms with Gasteiger partial charge in [-0.25, -0.2) is 4.79 Å². The summed E-state index contributed by atoms with van der Waals surface area (Å²) in [4.78, 5) is 35.5. The first-order chi connectivity index (χ1) is 12.5. The number of carbonyl (C=O) groups excluding carboxylic acids is 3. The minimum absolute atomic E-state index is 0.263. The number of imide groups is 1. The van der Waals surface area contributed by atoms with E-state index in [2.05, 4.69) is 27.9 Å². The summed E-state index contributed by atoms with van der Waals surface area (Å²) >= 11 is 2.90. The number of ether oxygens (including phenoxy) is 2. The lowest BCUT2D eigenvalue weighted by molar-refractivity contribution is -0.115. The van der Waals surface area contributed by atoms with E-state index < -0.39 is 17.1 Å². The molecule has 0 aromatic heterocycles. The van der Waals surface area contributed by atoms with E-state index in [1.165, 1.54) is 7.11 Å². The molecule has 0 radical (unpaired) electrons. The smallest absolute Gasteiger partial charge is 0.344 e. The topological polar surface area (TPSA) is 81.7 Å². The number of carbonyl (C=O) groups is 3. The monoisotopic (exact) mass is 481 g/mol. The predicted octanol–water partition coefficient (Wildman–Crippen LogP) is 3.84. The second-order valence-corrected chi connectivity index (χ2v) is 7.31. The summed E-state index contributed by atoms with van der Waals surface area (Å²) in [6.45, 7) is 0. The van der Waals surface area contributed by atoms with Gasteiger partial charge in [0.1, 0.15) is 0 Å². The fourth-order valence-electron chi connectivity index (χ4n) is 2.21. The Hall–Kier alpha value is -2.33. The predicted molar refractivity (Wildman–Crippen MR) is 106 cm³/mol. The highest BCUT2D eigenvalue weighted by Gasteiger charge is 2.25. The van der Waals surface area contributed by atoms with E-state index in [9.17, 15) is 14.4 Å². The van der Waals surface area contributed by atoms with Crippen molar-refractivity contribution in [1.82, 2.24) is 5.32 Å². The number of esters is 1. The number of rotatable bonds is 4. The standard InChI is InChI=1S/C18H12INO5S/c1-24-14-8-10(9-15-16(21)20-18(23)26-15)6-7-13(14)25-17(22)11-4-2-3-5-12(11)19/h2-9H,1H3,(H,20,21,23)/b15-9+. The first kappa shape index (κ1) is 18.5. The molecule has 1 aliphatic rings. The third-order valence-electron chi connectivity index (χ3n) is 3.42. The minimum atomic E-state index is -0.490. The molecular formula is C18H12INO5S. The highest BCUT2D eigenvalue weighted by molar-refractivity contribution is 14.1. The number of hydrogen-bond acceptors (Lipinski definition) is 6. The third-order valence-corrected chi connectivity index (χ3v) is 5.18. The van der Waals surface area contributed by atoms with Gasteiger partial charge in [0.25, 0.3) is 11.1 Å². The normalized spacial score (nSPS) is 15.1. The molecule has 8 heteroatoms. The SMILES string of the molecule is COc1cc(/C=C2/SC(=O)NC2=O)ccc1OC(=O)c1ccccc1I. The molecule has 132 valence electrons. The summed E-state index contributed by atoms with van der Waals surface area (Å²) < 4.78 is 11.5. The summed E-state index contributed by atoms with van der Waals surface area (Å²) in [5, 5.41) is 1.79. The Balaban J connectivity index is 1.85. The van der Waals surface area contributed by atoms with E-state index >= 15 is 0 Å². The molecule has 6 nitrogen and oxygen atoms in total. The molecule has 2 aromatic carbocycles. The van der Waals surface area contributed by atoms with Gasteiger partial charge in [-0.3, -0.25) is 14.9 Å². The van der Waals surface area contributed by atoms with Gasteiger partial charge in [0, 0.05) is 3.57 Å². The van der Waals surface area contributed by atoms with Crippen molar-refractivity contribution < 1.29 is 23.9 Å². The van der Waals surface area contributed by atoms with Crippen LogP contribution in [-0.4, -0.2) is 24.2 Å². The molecule has 1 aliphatic heterocycles. The zero-order valence-corrected chi connectivity index (χ0v) is 16.4. The highest BCUT2D eigenvalue weighted by atomic mass is 127. The largest absolute Gasteiger partial charge is 0.493 e. The van der Waals surface area contributed by atoms with E-state index in [-0.39, 0.29) is 5.75 Å². The van der Waals surface area contributed by atoms with E-state index in [4.69, 9.17) is 9.47 Å². The molecule has 0 saturated carbocycles. The lowest BCUT2D eigenvalue weighted by atomic mass is 10.2. The second-order valence-electron chi connectivity index (χ2n) is 5.13. The van der Waals surface area contributed by atoms with Crippen LogP contribution < -0.4 is 14.8 Å². The van der Waals surface area contributed by atoms with Crippen LogP contribution in [0.5, 0.6) is 11.5 Å². The van der Waals surface area contributed by atoms with Gasteiger partial charge in [0.05, 0.1) is 17.6 Å². The summed E-state index contributed by atoms with van der Waals surface area (Å²) in [5.41, 5.74) is 1.10. The number of benzene rings is 2. The fraction of sp³-hybridized carbons (Fsp3) is 0.0556. The molecule has 0 unspecified atom stereocenters. The zero-order chi connectivity index (χ0) is 18.7. The van der Waals surface area contributed by atoms with Crippen molar-refractivity contribution in [3.8, 4) is 11.5 Å². The van der Waals surface area contributed by atoms with Gasteiger partial charge < -0.3 is 9.47 Å². The lowest BCUT2D eigenvalue weighted by Crippen LogP contribution is -2.17. The molecular weight excluding hydrogens is 469 g/mol. The maximum absolute atomic E-state index is 12.4. The summed E-state index contributed by atoms with van der Waals surface area (Å²) in [6.07, 6.45) is 1.57. The van der Waals surface area contributed by atoms with Gasteiger partial charge in [0.15, 0.2) is 11.5 Å². The van der Waals surface area contributed by atoms with Crippen LogP contribution in [0.1, 0.15) is 15.9 Å². The molecule has 1 saturated heterocycles. The Morgan fingerprint density at radius 1 is 1.15 bits per heavy atom. The highest BCUT2D eigenvalue weighted by Crippen LogP contribution is 2.32. The van der Waals surface area contributed by atoms with Crippen LogP contribution in [-0.2, 0) is 4.79 Å². The first-order valence-corrected chi connectivity index (χ1v) is 9.27. The van der Waals surface area contributed by atoms with Gasteiger partial charge in [-0.1, -0.05) is 18.2 Å². The Labute approximate surface area is 167 Å². The number of amides is 2. The van der Waals surface area contributed by atoms with Crippen LogP contribution in [0.3, 0.4) is 0 Å². The van der Waals surface area contributed by atoms with Crippen LogP contribution >= 0.6 is 34.4 Å². The molecule has 3 rings (SSSR count). The quantitative estimate of drug-likeness (QED) is 0.310. The molecule has 26 heavy (non-hydrogen) atoms. The Morgan fingerprint density at radius 3 is 2.58 bits per heavy atom. The molecule has 1 heterocycles. The van der Waals surface area contributed by atoms with Crippen LogP contribution in [0.15, 0.2) is 47.4 Å². The zero-order valence-electron chi connectivity index (χ0n) is 13.4. The molecule has 2 amide bonds. The van der Waals surface area contributed by atoms with Crippen molar-refractivity contribution in [1.29, 1.82) is 0 Å². The van der Waals surface area contributed by atoms with E-state index in [0.29, 0.717) is 21.8 Å². The summed E-state index contributed by atoms with van der Waals surface area (Å²) in [5.74, 6) is -0.323. The van der Waals surface area contributed by atoms with E-state index in [0.717, 1.165) is 15.3 Å². The number of thioether (sulfide) groups is 1. The molecule has 1 fully saturated rings. The molecule has 2 aromatic rings. The Morgan fingerprint density at radius 2 is 1.92 bits per heavy atom. The second kappa shape index (κ2) is 7.92. The number of halogens is 1. The fourth-order valence-corrected chi connectivity index (χ4v) is 3.50. The first-order valence-electron chi connectivity index (χ1n) is 7.37. The lowest BCUT2D eigenvalue weighted by Gasteiger charge is -2.11. The average Bonchev–Trinajstić information content (AvgIpc) is 2.93. The maximum atomic E-state index is 12.4. The molecule has 0 aliphatic carbocycles. The van der Waals surface area contributed by atoms with Crippen molar-refractivity contribution in [2.75, 3.05) is 7.11 Å². The average molecular weight is 481 g/mol. The van der Waals surface area contributed by atoms with E-state index in [1.54, 1.807) is 36.4 Å². The minimum Gasteiger partial charge on any atom is -0.493 e. The van der Waals surface area contributed by atoms with Crippen molar-refractivity contribution in [3.05, 3.63) is 62.1 Å². The third kappa shape index (κ3) is 4.07. The summed E-state index contributed by atoms with van der Waals surface area (Å²) in [6, 6.07) is 12.0. The van der Waals surface area contributed by atoms with Crippen LogP contribution in [0.2, 0.25) is 0 Å². The number of hydrogen-bond donors (Lipinski definition) is 1. The Kier molecular flexibility index (Phi) is 5.62. The molecule has 0 atom stereocenters. The van der Waals surface area contributed by atoms with Crippen LogP contribution in [0, 0.1) is 3.57 Å². The molecule has 1 N–H and O–H groups in total. The van der Waals surface area contributed by atoms with Crippen LogP contribution in [0.4, 0.5) is 4.79 Å².